The van der Waals surface area contributed by atoms with Gasteiger partial charge in [-0.05, 0) is 25.7 Å². The molecule has 5 heteroatoms. The standard InChI is InChI=1S/C16H27N3O2/c20-15(18-7-3-4-8-18)13-17-9-11-19(12-10-17)16(21)14-5-1-2-6-14/h14H,1-13H2. The molecule has 5 nitrogen and oxygen atoms in total. The maximum atomic E-state index is 12.4. The average Bonchev–Trinajstić information content (AvgIpc) is 3.20. The molecule has 0 bridgehead atoms. The second-order valence-electron chi connectivity index (χ2n) is 6.67. The van der Waals surface area contributed by atoms with Gasteiger partial charge in [0.25, 0.3) is 0 Å². The van der Waals surface area contributed by atoms with Gasteiger partial charge in [-0.3, -0.25) is 14.5 Å². The first-order valence-electron chi connectivity index (χ1n) is 8.53. The van der Waals surface area contributed by atoms with Gasteiger partial charge < -0.3 is 9.80 Å². The Labute approximate surface area is 127 Å². The van der Waals surface area contributed by atoms with Gasteiger partial charge in [-0.25, -0.2) is 0 Å². The Kier molecular flexibility index (Phi) is 4.78. The summed E-state index contributed by atoms with van der Waals surface area (Å²) in [7, 11) is 0. The highest BCUT2D eigenvalue weighted by atomic mass is 16.2. The van der Waals surface area contributed by atoms with Gasteiger partial charge in [0.1, 0.15) is 0 Å². The Bertz CT molecular complexity index is 379. The summed E-state index contributed by atoms with van der Waals surface area (Å²) in [5, 5.41) is 0. The molecule has 0 unspecified atom stereocenters. The first-order chi connectivity index (χ1) is 10.2. The second kappa shape index (κ2) is 6.77. The van der Waals surface area contributed by atoms with Gasteiger partial charge in [-0.1, -0.05) is 12.8 Å². The van der Waals surface area contributed by atoms with E-state index in [1.165, 1.54) is 12.8 Å². The van der Waals surface area contributed by atoms with E-state index in [1.807, 2.05) is 9.80 Å². The summed E-state index contributed by atoms with van der Waals surface area (Å²) in [6.45, 7) is 5.67. The number of carbonyl (C=O) groups is 2. The van der Waals surface area contributed by atoms with E-state index in [-0.39, 0.29) is 11.8 Å². The first-order valence-corrected chi connectivity index (χ1v) is 8.53. The first kappa shape index (κ1) is 14.8. The fourth-order valence-electron chi connectivity index (χ4n) is 3.82. The van der Waals surface area contributed by atoms with Crippen molar-refractivity contribution < 1.29 is 9.59 Å². The Morgan fingerprint density at radius 1 is 0.762 bits per heavy atom. The third-order valence-corrected chi connectivity index (χ3v) is 5.21. The summed E-state index contributed by atoms with van der Waals surface area (Å²) >= 11 is 0. The minimum Gasteiger partial charge on any atom is -0.342 e. The van der Waals surface area contributed by atoms with Crippen LogP contribution in [0.15, 0.2) is 0 Å². The van der Waals surface area contributed by atoms with Gasteiger partial charge in [-0.15, -0.1) is 0 Å². The van der Waals surface area contributed by atoms with Gasteiger partial charge in [0.15, 0.2) is 0 Å². The number of nitrogens with zero attached hydrogens (tertiary/aromatic N) is 3. The van der Waals surface area contributed by atoms with Crippen LogP contribution >= 0.6 is 0 Å². The molecule has 2 amide bonds. The lowest BCUT2D eigenvalue weighted by atomic mass is 10.1. The fourth-order valence-corrected chi connectivity index (χ4v) is 3.82. The molecule has 118 valence electrons. The third kappa shape index (κ3) is 3.57. The molecule has 0 N–H and O–H groups in total. The summed E-state index contributed by atoms with van der Waals surface area (Å²) in [4.78, 5) is 30.7. The monoisotopic (exact) mass is 293 g/mol. The van der Waals surface area contributed by atoms with Gasteiger partial charge in [0.2, 0.25) is 11.8 Å². The normalized spacial score (nSPS) is 24.8. The average molecular weight is 293 g/mol. The van der Waals surface area contributed by atoms with Gasteiger partial charge in [-0.2, -0.15) is 0 Å². The lowest BCUT2D eigenvalue weighted by molar-refractivity contribution is -0.137. The van der Waals surface area contributed by atoms with Crippen LogP contribution in [0.25, 0.3) is 0 Å². The van der Waals surface area contributed by atoms with Gasteiger partial charge in [0.05, 0.1) is 6.54 Å². The van der Waals surface area contributed by atoms with Crippen molar-refractivity contribution in [2.75, 3.05) is 45.8 Å². The number of rotatable bonds is 3. The molecule has 2 saturated heterocycles. The zero-order valence-electron chi connectivity index (χ0n) is 12.9. The minimum absolute atomic E-state index is 0.267. The minimum atomic E-state index is 0.267. The zero-order valence-corrected chi connectivity index (χ0v) is 12.9. The molecule has 0 aromatic rings. The van der Waals surface area contributed by atoms with Crippen LogP contribution < -0.4 is 0 Å². The van der Waals surface area contributed by atoms with Crippen molar-refractivity contribution >= 4 is 11.8 Å². The highest BCUT2D eigenvalue weighted by molar-refractivity contribution is 5.80. The largest absolute Gasteiger partial charge is 0.342 e. The number of piperazine rings is 1. The Hall–Kier alpha value is -1.10. The van der Waals surface area contributed by atoms with E-state index in [1.54, 1.807) is 0 Å². The Balaban J connectivity index is 1.42. The molecular weight excluding hydrogens is 266 g/mol. The van der Waals surface area contributed by atoms with E-state index in [9.17, 15) is 9.59 Å². The molecule has 2 aliphatic heterocycles. The molecule has 1 aliphatic carbocycles. The quantitative estimate of drug-likeness (QED) is 0.778. The highest BCUT2D eigenvalue weighted by Gasteiger charge is 2.30. The zero-order chi connectivity index (χ0) is 14.7. The van der Waals surface area contributed by atoms with Crippen molar-refractivity contribution in [2.24, 2.45) is 5.92 Å². The van der Waals surface area contributed by atoms with Crippen molar-refractivity contribution in [3.63, 3.8) is 0 Å². The van der Waals surface area contributed by atoms with Gasteiger partial charge in [0, 0.05) is 45.2 Å². The van der Waals surface area contributed by atoms with Crippen LogP contribution in [0.2, 0.25) is 0 Å². The molecule has 21 heavy (non-hydrogen) atoms. The summed E-state index contributed by atoms with van der Waals surface area (Å²) in [6, 6.07) is 0. The topological polar surface area (TPSA) is 43.9 Å². The molecule has 3 fully saturated rings. The van der Waals surface area contributed by atoms with Crippen LogP contribution in [-0.4, -0.2) is 72.3 Å². The second-order valence-corrected chi connectivity index (χ2v) is 6.67. The van der Waals surface area contributed by atoms with Crippen molar-refractivity contribution in [3.8, 4) is 0 Å². The van der Waals surface area contributed by atoms with E-state index >= 15 is 0 Å². The third-order valence-electron chi connectivity index (χ3n) is 5.21. The van der Waals surface area contributed by atoms with Gasteiger partial charge >= 0.3 is 0 Å². The maximum absolute atomic E-state index is 12.4. The highest BCUT2D eigenvalue weighted by Crippen LogP contribution is 2.26. The number of amides is 2. The molecule has 0 aromatic carbocycles. The van der Waals surface area contributed by atoms with E-state index < -0.39 is 0 Å². The van der Waals surface area contributed by atoms with Crippen LogP contribution in [0, 0.1) is 5.92 Å². The molecular formula is C16H27N3O2. The van der Waals surface area contributed by atoms with E-state index in [2.05, 4.69) is 4.90 Å². The predicted octanol–water partition coefficient (Wildman–Crippen LogP) is 0.943. The number of hydrogen-bond donors (Lipinski definition) is 0. The van der Waals surface area contributed by atoms with Crippen molar-refractivity contribution in [1.29, 1.82) is 0 Å². The van der Waals surface area contributed by atoms with Crippen LogP contribution in [0.3, 0.4) is 0 Å². The lowest BCUT2D eigenvalue weighted by Crippen LogP contribution is -2.52. The molecule has 3 aliphatic rings. The summed E-state index contributed by atoms with van der Waals surface area (Å²) in [5.41, 5.74) is 0. The molecule has 3 rings (SSSR count). The van der Waals surface area contributed by atoms with Crippen molar-refractivity contribution in [3.05, 3.63) is 0 Å². The van der Waals surface area contributed by atoms with E-state index in [0.717, 1.165) is 65.0 Å². The van der Waals surface area contributed by atoms with Crippen molar-refractivity contribution in [1.82, 2.24) is 14.7 Å². The smallest absolute Gasteiger partial charge is 0.236 e. The molecule has 0 spiro atoms. The number of likely N-dealkylation sites (tertiary alicyclic amines) is 1. The number of carbonyl (C=O) groups excluding carboxylic acids is 2. The lowest BCUT2D eigenvalue weighted by Gasteiger charge is -2.36. The molecule has 0 radical (unpaired) electrons. The van der Waals surface area contributed by atoms with Crippen molar-refractivity contribution in [2.45, 2.75) is 38.5 Å². The molecule has 1 saturated carbocycles. The fraction of sp³-hybridized carbons (Fsp3) is 0.875. The maximum Gasteiger partial charge on any atom is 0.236 e. The van der Waals surface area contributed by atoms with Crippen LogP contribution in [0.5, 0.6) is 0 Å². The van der Waals surface area contributed by atoms with Crippen LogP contribution in [0.1, 0.15) is 38.5 Å². The molecule has 0 atom stereocenters. The number of hydrogen-bond acceptors (Lipinski definition) is 3. The Morgan fingerprint density at radius 3 is 2.00 bits per heavy atom. The van der Waals surface area contributed by atoms with Crippen LogP contribution in [-0.2, 0) is 9.59 Å². The summed E-state index contributed by atoms with van der Waals surface area (Å²) in [5.74, 6) is 0.906. The van der Waals surface area contributed by atoms with E-state index in [4.69, 9.17) is 0 Å². The predicted molar refractivity (Wildman–Crippen MR) is 80.8 cm³/mol. The van der Waals surface area contributed by atoms with Crippen LogP contribution in [0.4, 0.5) is 0 Å². The Morgan fingerprint density at radius 2 is 1.38 bits per heavy atom. The molecule has 0 aromatic heterocycles. The van der Waals surface area contributed by atoms with E-state index in [0.29, 0.717) is 12.5 Å². The SMILES string of the molecule is O=C(CN1CCN(C(=O)C2CCCC2)CC1)N1CCCC1. The molecule has 2 heterocycles. The summed E-state index contributed by atoms with van der Waals surface area (Å²) < 4.78 is 0. The summed E-state index contributed by atoms with van der Waals surface area (Å²) in [6.07, 6.45) is 6.87.